The Hall–Kier alpha value is -4.50. The Balaban J connectivity index is 1.35. The fraction of sp³-hybridized carbons (Fsp3) is 0.0714. The molecule has 0 amide bonds. The van der Waals surface area contributed by atoms with Gasteiger partial charge in [0.15, 0.2) is 5.76 Å². The Morgan fingerprint density at radius 1 is 0.833 bits per heavy atom. The van der Waals surface area contributed by atoms with E-state index in [1.54, 1.807) is 41.2 Å². The summed E-state index contributed by atoms with van der Waals surface area (Å²) in [6, 6.07) is 20.3. The molecule has 0 aliphatic rings. The lowest BCUT2D eigenvalue weighted by Crippen LogP contribution is -2.08. The van der Waals surface area contributed by atoms with Gasteiger partial charge in [-0.25, -0.2) is 0 Å². The van der Waals surface area contributed by atoms with E-state index in [1.165, 1.54) is 0 Å². The molecule has 2 N–H and O–H groups in total. The standard InChI is InChI=1S/C28H18N4O2S2/c1-15(13-29)5-19-9-25-27(35-19)11-23(33-25)18-4-3-17-7-22(32(31)21(17)8-18)24-12-28-26(34-24)10-20(36-28)6-16(2)14-30/h3-12H,31H2,1-2H3/b15-5-,16-6-. The van der Waals surface area contributed by atoms with Gasteiger partial charge in [-0.3, -0.25) is 4.68 Å². The second kappa shape index (κ2) is 8.31. The molecule has 5 heterocycles. The third-order valence-electron chi connectivity index (χ3n) is 5.90. The summed E-state index contributed by atoms with van der Waals surface area (Å²) in [4.78, 5) is 1.97. The number of nitriles is 2. The van der Waals surface area contributed by atoms with Crippen molar-refractivity contribution in [3.05, 3.63) is 69.4 Å². The third-order valence-corrected chi connectivity index (χ3v) is 7.92. The summed E-state index contributed by atoms with van der Waals surface area (Å²) in [7, 11) is 0. The van der Waals surface area contributed by atoms with Gasteiger partial charge in [0, 0.05) is 44.0 Å². The van der Waals surface area contributed by atoms with Crippen molar-refractivity contribution in [1.82, 2.24) is 4.68 Å². The van der Waals surface area contributed by atoms with Gasteiger partial charge < -0.3 is 14.7 Å². The van der Waals surface area contributed by atoms with Crippen LogP contribution in [0.4, 0.5) is 0 Å². The van der Waals surface area contributed by atoms with E-state index in [0.29, 0.717) is 16.9 Å². The molecular formula is C28H18N4O2S2. The van der Waals surface area contributed by atoms with Crippen LogP contribution in [0.15, 0.2) is 68.5 Å². The molecule has 1 aromatic carbocycles. The lowest BCUT2D eigenvalue weighted by molar-refractivity contribution is 0.627. The SMILES string of the molecule is C/C(C#N)=C/c1cc2oc(-c3ccc4cc(-c5cc6sc(/C=C(/C)C#N)cc6o5)n(N)c4c3)cc2s1. The summed E-state index contributed by atoms with van der Waals surface area (Å²) in [6.45, 7) is 3.57. The molecule has 0 saturated carbocycles. The van der Waals surface area contributed by atoms with Crippen molar-refractivity contribution in [2.45, 2.75) is 13.8 Å². The lowest BCUT2D eigenvalue weighted by atomic mass is 10.1. The monoisotopic (exact) mass is 506 g/mol. The number of benzene rings is 1. The highest BCUT2D eigenvalue weighted by atomic mass is 32.1. The number of rotatable bonds is 4. The molecule has 5 aromatic heterocycles. The topological polar surface area (TPSA) is 105 Å². The molecule has 0 aliphatic carbocycles. The van der Waals surface area contributed by atoms with Crippen LogP contribution in [0.5, 0.6) is 0 Å². The van der Waals surface area contributed by atoms with Crippen LogP contribution in [0, 0.1) is 22.7 Å². The molecule has 0 aliphatic heterocycles. The van der Waals surface area contributed by atoms with Crippen molar-refractivity contribution in [1.29, 1.82) is 10.5 Å². The van der Waals surface area contributed by atoms with Gasteiger partial charge in [0.1, 0.15) is 22.6 Å². The molecule has 0 spiro atoms. The van der Waals surface area contributed by atoms with Crippen LogP contribution in [0.1, 0.15) is 23.6 Å². The number of nitrogens with two attached hydrogens (primary N) is 1. The summed E-state index contributed by atoms with van der Waals surface area (Å²) in [5, 5.41) is 19.0. The molecule has 6 rings (SSSR count). The molecular weight excluding hydrogens is 488 g/mol. The highest BCUT2D eigenvalue weighted by Crippen LogP contribution is 2.38. The first-order valence-corrected chi connectivity index (χ1v) is 12.7. The van der Waals surface area contributed by atoms with E-state index in [1.807, 2.05) is 60.7 Å². The summed E-state index contributed by atoms with van der Waals surface area (Å²) in [5.41, 5.74) is 5.45. The number of fused-ring (bicyclic) bond motifs is 3. The quantitative estimate of drug-likeness (QED) is 0.192. The van der Waals surface area contributed by atoms with E-state index < -0.39 is 0 Å². The van der Waals surface area contributed by atoms with E-state index in [4.69, 9.17) is 25.2 Å². The Kier molecular flexibility index (Phi) is 5.08. The molecule has 6 aromatic rings. The molecule has 0 atom stereocenters. The zero-order chi connectivity index (χ0) is 25.0. The summed E-state index contributed by atoms with van der Waals surface area (Å²) in [6.07, 6.45) is 3.71. The van der Waals surface area contributed by atoms with Crippen LogP contribution in [0.2, 0.25) is 0 Å². The number of hydrogen-bond donors (Lipinski definition) is 1. The highest BCUT2D eigenvalue weighted by molar-refractivity contribution is 7.20. The Labute approximate surface area is 214 Å². The molecule has 0 radical (unpaired) electrons. The molecule has 6 nitrogen and oxygen atoms in total. The van der Waals surface area contributed by atoms with Crippen LogP contribution in [0.3, 0.4) is 0 Å². The summed E-state index contributed by atoms with van der Waals surface area (Å²) < 4.78 is 15.9. The zero-order valence-corrected chi connectivity index (χ0v) is 21.0. The Morgan fingerprint density at radius 2 is 1.42 bits per heavy atom. The van der Waals surface area contributed by atoms with Crippen LogP contribution in [-0.2, 0) is 0 Å². The van der Waals surface area contributed by atoms with Gasteiger partial charge in [-0.1, -0.05) is 12.1 Å². The first kappa shape index (κ1) is 22.0. The highest BCUT2D eigenvalue weighted by Gasteiger charge is 2.17. The van der Waals surface area contributed by atoms with Crippen molar-refractivity contribution in [2.75, 3.05) is 5.84 Å². The predicted molar refractivity (Wildman–Crippen MR) is 147 cm³/mol. The first-order valence-electron chi connectivity index (χ1n) is 11.1. The zero-order valence-electron chi connectivity index (χ0n) is 19.3. The maximum atomic E-state index is 9.01. The maximum absolute atomic E-state index is 9.01. The average molecular weight is 507 g/mol. The van der Waals surface area contributed by atoms with E-state index >= 15 is 0 Å². The van der Waals surface area contributed by atoms with Gasteiger partial charge in [0.25, 0.3) is 0 Å². The fourth-order valence-electron chi connectivity index (χ4n) is 4.17. The number of thiophene rings is 2. The molecule has 0 saturated heterocycles. The number of allylic oxidation sites excluding steroid dienone is 2. The molecule has 36 heavy (non-hydrogen) atoms. The number of nitrogens with zero attached hydrogens (tertiary/aromatic N) is 3. The lowest BCUT2D eigenvalue weighted by Gasteiger charge is -2.03. The minimum Gasteiger partial charge on any atom is -0.455 e. The maximum Gasteiger partial charge on any atom is 0.154 e. The van der Waals surface area contributed by atoms with Crippen molar-refractivity contribution in [3.63, 3.8) is 0 Å². The van der Waals surface area contributed by atoms with Gasteiger partial charge in [-0.15, -0.1) is 22.7 Å². The Bertz CT molecular complexity index is 1890. The van der Waals surface area contributed by atoms with Gasteiger partial charge in [-0.2, -0.15) is 10.5 Å². The van der Waals surface area contributed by atoms with Crippen molar-refractivity contribution in [2.24, 2.45) is 0 Å². The van der Waals surface area contributed by atoms with E-state index in [9.17, 15) is 0 Å². The van der Waals surface area contributed by atoms with Crippen molar-refractivity contribution in [3.8, 4) is 34.9 Å². The summed E-state index contributed by atoms with van der Waals surface area (Å²) >= 11 is 3.17. The number of furan rings is 2. The van der Waals surface area contributed by atoms with Crippen molar-refractivity contribution < 1.29 is 8.83 Å². The van der Waals surface area contributed by atoms with E-state index in [-0.39, 0.29) is 0 Å². The van der Waals surface area contributed by atoms with Gasteiger partial charge in [0.2, 0.25) is 0 Å². The van der Waals surface area contributed by atoms with E-state index in [0.717, 1.165) is 58.2 Å². The number of nitrogen functional groups attached to an aromatic ring is 1. The van der Waals surface area contributed by atoms with Gasteiger partial charge in [-0.05, 0) is 50.3 Å². The van der Waals surface area contributed by atoms with Crippen LogP contribution >= 0.6 is 22.7 Å². The third kappa shape index (κ3) is 3.70. The van der Waals surface area contributed by atoms with Gasteiger partial charge in [0.05, 0.1) is 27.1 Å². The molecule has 8 heteroatoms. The first-order chi connectivity index (χ1) is 17.4. The number of hydrogen-bond acceptors (Lipinski definition) is 7. The normalized spacial score (nSPS) is 12.6. The number of aromatic nitrogens is 1. The largest absolute Gasteiger partial charge is 0.455 e. The van der Waals surface area contributed by atoms with Crippen LogP contribution in [-0.4, -0.2) is 4.68 Å². The Morgan fingerprint density at radius 3 is 2.00 bits per heavy atom. The summed E-state index contributed by atoms with van der Waals surface area (Å²) in [5.74, 6) is 7.96. The van der Waals surface area contributed by atoms with Gasteiger partial charge >= 0.3 is 0 Å². The minimum absolute atomic E-state index is 0.653. The fourth-order valence-corrected chi connectivity index (χ4v) is 6.22. The minimum atomic E-state index is 0.653. The smallest absolute Gasteiger partial charge is 0.154 e. The average Bonchev–Trinajstić information content (AvgIpc) is 3.65. The predicted octanol–water partition coefficient (Wildman–Crippen LogP) is 8.16. The molecule has 0 unspecified atom stereocenters. The van der Waals surface area contributed by atoms with Crippen LogP contribution in [0.25, 0.3) is 66.4 Å². The second-order valence-corrected chi connectivity index (χ2v) is 10.8. The molecule has 174 valence electrons. The second-order valence-electron chi connectivity index (χ2n) is 8.53. The van der Waals surface area contributed by atoms with E-state index in [2.05, 4.69) is 12.1 Å². The molecule has 0 bridgehead atoms. The molecule has 0 fully saturated rings. The van der Waals surface area contributed by atoms with Crippen molar-refractivity contribution >= 4 is 66.3 Å². The van der Waals surface area contributed by atoms with Crippen LogP contribution < -0.4 is 5.84 Å².